The minimum absolute atomic E-state index is 0.000107. The Kier molecular flexibility index (Phi) is 6.57. The first-order valence-electron chi connectivity index (χ1n) is 8.19. The number of para-hydroxylation sites is 1. The van der Waals surface area contributed by atoms with E-state index in [4.69, 9.17) is 34.8 Å². The van der Waals surface area contributed by atoms with E-state index in [-0.39, 0.29) is 37.0 Å². The van der Waals surface area contributed by atoms with E-state index in [1.54, 1.807) is 12.1 Å². The second kappa shape index (κ2) is 8.97. The standard InChI is InChI=1S/C18H13Cl3N4O4S/c19-12-6-1-2-7-14(12)25-30(28,29)11-5-3-4-10(8-11)17(26)23-24-18(27)15-9-13(20)16(21)22-15/h1-9,22,25H,(H,23,26)(H,24,27). The van der Waals surface area contributed by atoms with Gasteiger partial charge in [-0.1, -0.05) is 53.0 Å². The largest absolute Gasteiger partial charge is 0.340 e. The number of nitrogens with one attached hydrogen (secondary N) is 4. The highest BCUT2D eigenvalue weighted by atomic mass is 35.5. The lowest BCUT2D eigenvalue weighted by molar-refractivity contribution is 0.0844. The van der Waals surface area contributed by atoms with Crippen LogP contribution in [0.1, 0.15) is 20.8 Å². The summed E-state index contributed by atoms with van der Waals surface area (Å²) in [5, 5.41) is 0.455. The van der Waals surface area contributed by atoms with Crippen molar-refractivity contribution in [1.29, 1.82) is 0 Å². The molecule has 1 heterocycles. The van der Waals surface area contributed by atoms with Crippen molar-refractivity contribution in [2.75, 3.05) is 4.72 Å². The molecular weight excluding hydrogens is 475 g/mol. The van der Waals surface area contributed by atoms with E-state index in [1.165, 1.54) is 36.4 Å². The van der Waals surface area contributed by atoms with Crippen molar-refractivity contribution in [3.05, 3.63) is 81.1 Å². The zero-order chi connectivity index (χ0) is 21.9. The Balaban J connectivity index is 1.72. The third kappa shape index (κ3) is 5.06. The molecule has 156 valence electrons. The number of rotatable bonds is 5. The van der Waals surface area contributed by atoms with E-state index >= 15 is 0 Å². The fourth-order valence-electron chi connectivity index (χ4n) is 2.33. The number of halogens is 3. The fraction of sp³-hybridized carbons (Fsp3) is 0. The van der Waals surface area contributed by atoms with Gasteiger partial charge >= 0.3 is 0 Å². The molecule has 0 atom stereocenters. The predicted molar refractivity (Wildman–Crippen MR) is 114 cm³/mol. The van der Waals surface area contributed by atoms with Crippen LogP contribution in [0.4, 0.5) is 5.69 Å². The smallest absolute Gasteiger partial charge is 0.286 e. The van der Waals surface area contributed by atoms with E-state index in [1.807, 2.05) is 0 Å². The van der Waals surface area contributed by atoms with E-state index < -0.39 is 21.8 Å². The summed E-state index contributed by atoms with van der Waals surface area (Å²) >= 11 is 17.5. The Labute approximate surface area is 186 Å². The monoisotopic (exact) mass is 486 g/mol. The molecule has 2 amide bonds. The van der Waals surface area contributed by atoms with Crippen molar-refractivity contribution in [1.82, 2.24) is 15.8 Å². The molecule has 30 heavy (non-hydrogen) atoms. The molecule has 0 saturated carbocycles. The summed E-state index contributed by atoms with van der Waals surface area (Å²) in [6.07, 6.45) is 0. The lowest BCUT2D eigenvalue weighted by Crippen LogP contribution is -2.41. The summed E-state index contributed by atoms with van der Waals surface area (Å²) in [6, 6.07) is 12.9. The van der Waals surface area contributed by atoms with Gasteiger partial charge in [0.1, 0.15) is 10.8 Å². The average molecular weight is 488 g/mol. The van der Waals surface area contributed by atoms with Crippen LogP contribution in [0.2, 0.25) is 15.2 Å². The molecule has 0 saturated heterocycles. The molecule has 1 aromatic heterocycles. The molecule has 0 radical (unpaired) electrons. The zero-order valence-corrected chi connectivity index (χ0v) is 18.0. The number of amides is 2. The molecule has 8 nitrogen and oxygen atoms in total. The van der Waals surface area contributed by atoms with Crippen LogP contribution in [0, 0.1) is 0 Å². The molecule has 0 aliphatic rings. The van der Waals surface area contributed by atoms with Crippen molar-refractivity contribution in [2.24, 2.45) is 0 Å². The molecule has 0 aliphatic carbocycles. The Morgan fingerprint density at radius 3 is 2.20 bits per heavy atom. The maximum absolute atomic E-state index is 12.6. The van der Waals surface area contributed by atoms with Crippen LogP contribution >= 0.6 is 34.8 Å². The van der Waals surface area contributed by atoms with Crippen molar-refractivity contribution in [2.45, 2.75) is 4.90 Å². The van der Waals surface area contributed by atoms with E-state index in [2.05, 4.69) is 20.6 Å². The van der Waals surface area contributed by atoms with Gasteiger partial charge in [-0.25, -0.2) is 8.42 Å². The molecular formula is C18H13Cl3N4O4S. The number of carbonyl (C=O) groups is 2. The molecule has 0 fully saturated rings. The van der Waals surface area contributed by atoms with E-state index in [9.17, 15) is 18.0 Å². The van der Waals surface area contributed by atoms with Gasteiger partial charge in [-0.3, -0.25) is 25.2 Å². The number of aromatic amines is 1. The number of sulfonamides is 1. The summed E-state index contributed by atoms with van der Waals surface area (Å²) in [6.45, 7) is 0. The Morgan fingerprint density at radius 2 is 1.53 bits per heavy atom. The number of carbonyl (C=O) groups excluding carboxylic acids is 2. The highest BCUT2D eigenvalue weighted by Gasteiger charge is 2.18. The molecule has 0 spiro atoms. The van der Waals surface area contributed by atoms with Crippen LogP contribution in [0.15, 0.2) is 59.5 Å². The highest BCUT2D eigenvalue weighted by molar-refractivity contribution is 7.92. The van der Waals surface area contributed by atoms with Crippen LogP contribution in [0.3, 0.4) is 0 Å². The first-order valence-corrected chi connectivity index (χ1v) is 10.8. The average Bonchev–Trinajstić information content (AvgIpc) is 3.06. The van der Waals surface area contributed by atoms with Gasteiger partial charge in [0.2, 0.25) is 0 Å². The highest BCUT2D eigenvalue weighted by Crippen LogP contribution is 2.24. The number of hydrazine groups is 1. The lowest BCUT2D eigenvalue weighted by atomic mass is 10.2. The minimum atomic E-state index is -4.00. The van der Waals surface area contributed by atoms with Gasteiger partial charge in [0.15, 0.2) is 0 Å². The summed E-state index contributed by atoms with van der Waals surface area (Å²) in [5.74, 6) is -1.43. The Hall–Kier alpha value is -2.72. The van der Waals surface area contributed by atoms with Gasteiger partial charge < -0.3 is 4.98 Å². The molecule has 3 aromatic rings. The van der Waals surface area contributed by atoms with Gasteiger partial charge in [0, 0.05) is 5.56 Å². The van der Waals surface area contributed by atoms with Gasteiger partial charge in [0.05, 0.1) is 20.6 Å². The minimum Gasteiger partial charge on any atom is -0.340 e. The normalized spacial score (nSPS) is 11.0. The summed E-state index contributed by atoms with van der Waals surface area (Å²) in [4.78, 5) is 26.7. The van der Waals surface area contributed by atoms with E-state index in [0.29, 0.717) is 0 Å². The SMILES string of the molecule is O=C(NNC(=O)c1cc(Cl)c(Cl)[nH]1)c1cccc(S(=O)(=O)Nc2ccccc2Cl)c1. The number of anilines is 1. The third-order valence-electron chi connectivity index (χ3n) is 3.78. The van der Waals surface area contributed by atoms with Crippen molar-refractivity contribution >= 4 is 62.3 Å². The number of hydrogen-bond acceptors (Lipinski definition) is 4. The maximum Gasteiger partial charge on any atom is 0.286 e. The molecule has 0 aliphatic heterocycles. The molecule has 0 bridgehead atoms. The molecule has 2 aromatic carbocycles. The zero-order valence-electron chi connectivity index (χ0n) is 14.9. The summed E-state index contributed by atoms with van der Waals surface area (Å²) in [7, 11) is -4.00. The lowest BCUT2D eigenvalue weighted by Gasteiger charge is -2.11. The first kappa shape index (κ1) is 22.0. The van der Waals surface area contributed by atoms with Crippen molar-refractivity contribution in [3.63, 3.8) is 0 Å². The fourth-order valence-corrected chi connectivity index (χ4v) is 4.01. The van der Waals surface area contributed by atoms with Crippen LogP contribution in [0.25, 0.3) is 0 Å². The summed E-state index contributed by atoms with van der Waals surface area (Å²) in [5.41, 5.74) is 4.59. The number of aromatic nitrogens is 1. The van der Waals surface area contributed by atoms with Gasteiger partial charge in [0.25, 0.3) is 21.8 Å². The van der Waals surface area contributed by atoms with Crippen molar-refractivity contribution < 1.29 is 18.0 Å². The quantitative estimate of drug-likeness (QED) is 0.409. The van der Waals surface area contributed by atoms with Crippen LogP contribution < -0.4 is 15.6 Å². The maximum atomic E-state index is 12.6. The van der Waals surface area contributed by atoms with Gasteiger partial charge in [-0.05, 0) is 36.4 Å². The van der Waals surface area contributed by atoms with Crippen LogP contribution in [-0.2, 0) is 10.0 Å². The number of hydrogen-bond donors (Lipinski definition) is 4. The molecule has 0 unspecified atom stereocenters. The summed E-state index contributed by atoms with van der Waals surface area (Å²) < 4.78 is 27.6. The molecule has 12 heteroatoms. The molecule has 3 rings (SSSR count). The van der Waals surface area contributed by atoms with Gasteiger partial charge in [-0.15, -0.1) is 0 Å². The van der Waals surface area contributed by atoms with Crippen LogP contribution in [-0.4, -0.2) is 25.2 Å². The second-order valence-electron chi connectivity index (χ2n) is 5.87. The Bertz CT molecular complexity index is 1210. The molecule has 4 N–H and O–H groups in total. The number of benzene rings is 2. The van der Waals surface area contributed by atoms with Crippen molar-refractivity contribution in [3.8, 4) is 0 Å². The topological polar surface area (TPSA) is 120 Å². The second-order valence-corrected chi connectivity index (χ2v) is 8.74. The van der Waals surface area contributed by atoms with E-state index in [0.717, 1.165) is 6.07 Å². The predicted octanol–water partition coefficient (Wildman–Crippen LogP) is 3.85. The number of H-pyrrole nitrogens is 1. The van der Waals surface area contributed by atoms with Gasteiger partial charge in [-0.2, -0.15) is 0 Å². The first-order chi connectivity index (χ1) is 14.2. The van der Waals surface area contributed by atoms with Crippen LogP contribution in [0.5, 0.6) is 0 Å². The third-order valence-corrected chi connectivity index (χ3v) is 6.17. The Morgan fingerprint density at radius 1 is 0.833 bits per heavy atom.